The number of hydrogen-bond donors (Lipinski definition) is 1. The van der Waals surface area contributed by atoms with Crippen LogP contribution in [0.1, 0.15) is 5.56 Å². The highest BCUT2D eigenvalue weighted by Gasteiger charge is 2.15. The fourth-order valence-corrected chi connectivity index (χ4v) is 3.32. The van der Waals surface area contributed by atoms with E-state index in [1.54, 1.807) is 15.4 Å². The molecule has 0 saturated heterocycles. The molecule has 1 N–H and O–H groups in total. The standard InChI is InChI=1S/C21H22N8/c1-23-6-7-27(2)20-5-4-15(10-24-20)19-8-16(18-12-25-28(3)13-18)14-29-21(19)17(9-22)11-26-29/h4-5,8,10-14,23H,6-7H2,1-3H3. The van der Waals surface area contributed by atoms with E-state index >= 15 is 0 Å². The van der Waals surface area contributed by atoms with Gasteiger partial charge >= 0.3 is 0 Å². The molecule has 0 aliphatic carbocycles. The number of nitrogens with zero attached hydrogens (tertiary/aromatic N) is 7. The molecule has 0 unspecified atom stereocenters. The normalized spacial score (nSPS) is 11.0. The van der Waals surface area contributed by atoms with Crippen LogP contribution in [0.3, 0.4) is 0 Å². The lowest BCUT2D eigenvalue weighted by Gasteiger charge is -2.18. The molecule has 0 amide bonds. The smallest absolute Gasteiger partial charge is 0.128 e. The molecule has 8 nitrogen and oxygen atoms in total. The molecule has 0 radical (unpaired) electrons. The molecule has 0 saturated carbocycles. The summed E-state index contributed by atoms with van der Waals surface area (Å²) in [5, 5.41) is 21.3. The van der Waals surface area contributed by atoms with Crippen molar-refractivity contribution in [2.45, 2.75) is 0 Å². The van der Waals surface area contributed by atoms with E-state index in [0.29, 0.717) is 5.56 Å². The highest BCUT2D eigenvalue weighted by molar-refractivity contribution is 5.87. The van der Waals surface area contributed by atoms with Crippen molar-refractivity contribution >= 4 is 11.3 Å². The zero-order chi connectivity index (χ0) is 20.4. The minimum Gasteiger partial charge on any atom is -0.358 e. The maximum Gasteiger partial charge on any atom is 0.128 e. The summed E-state index contributed by atoms with van der Waals surface area (Å²) in [5.41, 5.74) is 5.12. The van der Waals surface area contributed by atoms with Crippen LogP contribution in [-0.2, 0) is 7.05 Å². The molecule has 4 rings (SSSR count). The van der Waals surface area contributed by atoms with Crippen molar-refractivity contribution in [3.8, 4) is 28.3 Å². The molecule has 0 bridgehead atoms. The molecule has 4 aromatic rings. The first-order valence-electron chi connectivity index (χ1n) is 9.33. The number of hydrogen-bond acceptors (Lipinski definition) is 6. The van der Waals surface area contributed by atoms with E-state index in [4.69, 9.17) is 0 Å². The van der Waals surface area contributed by atoms with Crippen molar-refractivity contribution in [2.24, 2.45) is 7.05 Å². The van der Waals surface area contributed by atoms with Gasteiger partial charge in [-0.25, -0.2) is 9.50 Å². The van der Waals surface area contributed by atoms with Crippen molar-refractivity contribution in [1.29, 1.82) is 5.26 Å². The zero-order valence-corrected chi connectivity index (χ0v) is 16.7. The van der Waals surface area contributed by atoms with Crippen molar-refractivity contribution in [3.05, 3.63) is 54.7 Å². The molecular formula is C21H22N8. The molecule has 0 fully saturated rings. The second-order valence-electron chi connectivity index (χ2n) is 6.94. The first-order valence-corrected chi connectivity index (χ1v) is 9.33. The summed E-state index contributed by atoms with van der Waals surface area (Å²) in [4.78, 5) is 6.73. The maximum atomic E-state index is 9.54. The summed E-state index contributed by atoms with van der Waals surface area (Å²) in [5.74, 6) is 0.900. The van der Waals surface area contributed by atoms with E-state index in [0.717, 1.165) is 46.7 Å². The molecule has 4 heterocycles. The lowest BCUT2D eigenvalue weighted by molar-refractivity contribution is 0.761. The Labute approximate surface area is 169 Å². The number of rotatable bonds is 6. The van der Waals surface area contributed by atoms with Gasteiger partial charge in [0.15, 0.2) is 0 Å². The predicted octanol–water partition coefficient (Wildman–Crippen LogP) is 2.32. The Bertz CT molecular complexity index is 1180. The van der Waals surface area contributed by atoms with E-state index in [1.165, 1.54) is 0 Å². The monoisotopic (exact) mass is 386 g/mol. The van der Waals surface area contributed by atoms with Crippen LogP contribution in [0, 0.1) is 11.3 Å². The number of nitriles is 1. The van der Waals surface area contributed by atoms with Crippen molar-refractivity contribution in [2.75, 3.05) is 32.1 Å². The van der Waals surface area contributed by atoms with Gasteiger partial charge in [-0.05, 0) is 25.2 Å². The lowest BCUT2D eigenvalue weighted by atomic mass is 10.0. The quantitative estimate of drug-likeness (QED) is 0.547. The Kier molecular flexibility index (Phi) is 4.97. The Hall–Kier alpha value is -3.70. The van der Waals surface area contributed by atoms with E-state index in [2.05, 4.69) is 37.5 Å². The van der Waals surface area contributed by atoms with E-state index < -0.39 is 0 Å². The highest BCUT2D eigenvalue weighted by Crippen LogP contribution is 2.32. The van der Waals surface area contributed by atoms with Gasteiger partial charge in [-0.2, -0.15) is 15.5 Å². The van der Waals surface area contributed by atoms with E-state index in [-0.39, 0.29) is 0 Å². The van der Waals surface area contributed by atoms with Gasteiger partial charge in [-0.3, -0.25) is 4.68 Å². The van der Waals surface area contributed by atoms with E-state index in [9.17, 15) is 5.26 Å². The number of aryl methyl sites for hydroxylation is 1. The first-order chi connectivity index (χ1) is 14.1. The zero-order valence-electron chi connectivity index (χ0n) is 16.7. The molecule has 0 aliphatic rings. The predicted molar refractivity (Wildman–Crippen MR) is 113 cm³/mol. The average Bonchev–Trinajstić information content (AvgIpc) is 3.37. The van der Waals surface area contributed by atoms with Crippen LogP contribution < -0.4 is 10.2 Å². The molecule has 0 spiro atoms. The Morgan fingerprint density at radius 2 is 1.97 bits per heavy atom. The molecular weight excluding hydrogens is 364 g/mol. The summed E-state index contributed by atoms with van der Waals surface area (Å²) >= 11 is 0. The van der Waals surface area contributed by atoms with Crippen molar-refractivity contribution in [3.63, 3.8) is 0 Å². The average molecular weight is 386 g/mol. The third-order valence-corrected chi connectivity index (χ3v) is 4.92. The van der Waals surface area contributed by atoms with Crippen LogP contribution in [0.5, 0.6) is 0 Å². The van der Waals surface area contributed by atoms with Crippen LogP contribution in [0.15, 0.2) is 49.2 Å². The highest BCUT2D eigenvalue weighted by atomic mass is 15.2. The number of likely N-dealkylation sites (N-methyl/N-ethyl adjacent to an activating group) is 2. The van der Waals surface area contributed by atoms with Crippen LogP contribution in [0.2, 0.25) is 0 Å². The SMILES string of the molecule is CNCCN(C)c1ccc(-c2cc(-c3cnn(C)c3)cn3ncc(C#N)c23)cn1. The number of fused-ring (bicyclic) bond motifs is 1. The molecule has 146 valence electrons. The molecule has 8 heteroatoms. The number of aromatic nitrogens is 5. The lowest BCUT2D eigenvalue weighted by Crippen LogP contribution is -2.27. The fraction of sp³-hybridized carbons (Fsp3) is 0.238. The summed E-state index contributed by atoms with van der Waals surface area (Å²) in [7, 11) is 5.84. The topological polar surface area (TPSA) is 87.1 Å². The summed E-state index contributed by atoms with van der Waals surface area (Å²) < 4.78 is 3.52. The molecule has 29 heavy (non-hydrogen) atoms. The van der Waals surface area contributed by atoms with Crippen molar-refractivity contribution < 1.29 is 0 Å². The van der Waals surface area contributed by atoms with Crippen molar-refractivity contribution in [1.82, 2.24) is 29.7 Å². The number of nitrogens with one attached hydrogen (secondary N) is 1. The Balaban J connectivity index is 1.81. The molecule has 0 atom stereocenters. The first kappa shape index (κ1) is 18.7. The minimum atomic E-state index is 0.535. The van der Waals surface area contributed by atoms with Crippen LogP contribution in [-0.4, -0.2) is 51.6 Å². The van der Waals surface area contributed by atoms with Gasteiger partial charge in [-0.1, -0.05) is 0 Å². The molecule has 0 aromatic carbocycles. The minimum absolute atomic E-state index is 0.535. The second-order valence-corrected chi connectivity index (χ2v) is 6.94. The van der Waals surface area contributed by atoms with Gasteiger partial charge < -0.3 is 10.2 Å². The van der Waals surface area contributed by atoms with Crippen LogP contribution >= 0.6 is 0 Å². The third-order valence-electron chi connectivity index (χ3n) is 4.92. The van der Waals surface area contributed by atoms with Gasteiger partial charge in [0.05, 0.1) is 23.5 Å². The Morgan fingerprint density at radius 1 is 1.10 bits per heavy atom. The summed E-state index contributed by atoms with van der Waals surface area (Å²) in [6.45, 7) is 1.75. The summed E-state index contributed by atoms with van der Waals surface area (Å²) in [6, 6.07) is 8.34. The summed E-state index contributed by atoms with van der Waals surface area (Å²) in [6.07, 6.45) is 9.14. The third kappa shape index (κ3) is 3.56. The second kappa shape index (κ2) is 7.73. The van der Waals surface area contributed by atoms with Gasteiger partial charge in [0.1, 0.15) is 11.9 Å². The number of pyridine rings is 2. The van der Waals surface area contributed by atoms with Crippen LogP contribution in [0.25, 0.3) is 27.8 Å². The van der Waals surface area contributed by atoms with Gasteiger partial charge in [-0.15, -0.1) is 0 Å². The molecule has 4 aromatic heterocycles. The van der Waals surface area contributed by atoms with Gasteiger partial charge in [0, 0.05) is 68.0 Å². The van der Waals surface area contributed by atoms with Gasteiger partial charge in [0.2, 0.25) is 0 Å². The largest absolute Gasteiger partial charge is 0.358 e. The van der Waals surface area contributed by atoms with E-state index in [1.807, 2.05) is 58.1 Å². The number of anilines is 1. The molecule has 0 aliphatic heterocycles. The Morgan fingerprint density at radius 3 is 2.62 bits per heavy atom. The maximum absolute atomic E-state index is 9.54. The van der Waals surface area contributed by atoms with Crippen LogP contribution in [0.4, 0.5) is 5.82 Å². The van der Waals surface area contributed by atoms with Gasteiger partial charge in [0.25, 0.3) is 0 Å². The fourth-order valence-electron chi connectivity index (χ4n) is 3.32.